The normalized spacial score (nSPS) is 24.1. The molecule has 20 heavy (non-hydrogen) atoms. The summed E-state index contributed by atoms with van der Waals surface area (Å²) in [6.07, 6.45) is 0. The van der Waals surface area contributed by atoms with Crippen LogP contribution in [0.2, 0.25) is 0 Å². The molecule has 3 atom stereocenters. The molecule has 0 N–H and O–H groups in total. The summed E-state index contributed by atoms with van der Waals surface area (Å²) in [6, 6.07) is 20.0. The Bertz CT molecular complexity index is 577. The third kappa shape index (κ3) is 2.60. The maximum absolute atomic E-state index is 12.2. The van der Waals surface area contributed by atoms with E-state index in [0.717, 1.165) is 5.56 Å². The minimum Gasteiger partial charge on any atom is -0.461 e. The first kappa shape index (κ1) is 12.9. The molecule has 0 bridgehead atoms. The first-order valence-electron chi connectivity index (χ1n) is 7.03. The van der Waals surface area contributed by atoms with Crippen LogP contribution in [-0.4, -0.2) is 5.97 Å². The van der Waals surface area contributed by atoms with Crippen LogP contribution in [0.1, 0.15) is 24.0 Å². The lowest BCUT2D eigenvalue weighted by Crippen LogP contribution is -2.08. The van der Waals surface area contributed by atoms with Crippen molar-refractivity contribution in [2.45, 2.75) is 19.4 Å². The molecule has 0 spiro atoms. The van der Waals surface area contributed by atoms with E-state index in [1.165, 1.54) is 5.56 Å². The third-order valence-electron chi connectivity index (χ3n) is 4.06. The molecule has 0 saturated heterocycles. The molecule has 2 nitrogen and oxygen atoms in total. The SMILES string of the molecule is C[C@H]1[C@@H](C(=O)OCc2ccccc2)[C@@H]1c1ccccc1. The fourth-order valence-corrected chi connectivity index (χ4v) is 2.84. The van der Waals surface area contributed by atoms with E-state index in [-0.39, 0.29) is 11.9 Å². The van der Waals surface area contributed by atoms with Gasteiger partial charge in [0.05, 0.1) is 5.92 Å². The van der Waals surface area contributed by atoms with Crippen LogP contribution in [-0.2, 0) is 16.1 Å². The Morgan fingerprint density at radius 3 is 2.25 bits per heavy atom. The zero-order valence-corrected chi connectivity index (χ0v) is 11.5. The van der Waals surface area contributed by atoms with Crippen LogP contribution in [0, 0.1) is 11.8 Å². The lowest BCUT2D eigenvalue weighted by atomic mass is 10.1. The largest absolute Gasteiger partial charge is 0.461 e. The van der Waals surface area contributed by atoms with Gasteiger partial charge < -0.3 is 4.74 Å². The molecule has 0 radical (unpaired) electrons. The molecule has 0 amide bonds. The van der Waals surface area contributed by atoms with Gasteiger partial charge >= 0.3 is 5.97 Å². The standard InChI is InChI=1S/C18H18O2/c1-13-16(15-10-6-3-7-11-15)17(13)18(19)20-12-14-8-4-2-5-9-14/h2-11,13,16-17H,12H2,1H3/t13-,16+,17-/m1/s1. The van der Waals surface area contributed by atoms with E-state index in [2.05, 4.69) is 19.1 Å². The number of benzene rings is 2. The van der Waals surface area contributed by atoms with Crippen molar-refractivity contribution in [1.29, 1.82) is 0 Å². The Kier molecular flexibility index (Phi) is 3.55. The van der Waals surface area contributed by atoms with Gasteiger partial charge in [-0.3, -0.25) is 4.79 Å². The summed E-state index contributed by atoms with van der Waals surface area (Å²) in [7, 11) is 0. The van der Waals surface area contributed by atoms with E-state index < -0.39 is 0 Å². The highest BCUT2D eigenvalue weighted by Crippen LogP contribution is 2.54. The molecule has 3 rings (SSSR count). The summed E-state index contributed by atoms with van der Waals surface area (Å²) in [5.74, 6) is 0.636. The Labute approximate surface area is 119 Å². The van der Waals surface area contributed by atoms with Crippen LogP contribution in [0.4, 0.5) is 0 Å². The summed E-state index contributed by atoms with van der Waals surface area (Å²) in [5.41, 5.74) is 2.27. The van der Waals surface area contributed by atoms with Gasteiger partial charge in [-0.15, -0.1) is 0 Å². The third-order valence-corrected chi connectivity index (χ3v) is 4.06. The average Bonchev–Trinajstić information content (AvgIpc) is 3.18. The molecule has 0 aromatic heterocycles. The molecule has 1 aliphatic carbocycles. The quantitative estimate of drug-likeness (QED) is 0.787. The second-order valence-electron chi connectivity index (χ2n) is 5.41. The zero-order chi connectivity index (χ0) is 13.9. The molecule has 1 saturated carbocycles. The van der Waals surface area contributed by atoms with Crippen molar-refractivity contribution >= 4 is 5.97 Å². The molecule has 0 unspecified atom stereocenters. The van der Waals surface area contributed by atoms with E-state index in [0.29, 0.717) is 18.4 Å². The highest BCUT2D eigenvalue weighted by molar-refractivity contribution is 5.78. The molecule has 2 aromatic carbocycles. The summed E-state index contributed by atoms with van der Waals surface area (Å²) in [5, 5.41) is 0. The van der Waals surface area contributed by atoms with Gasteiger partial charge in [0.15, 0.2) is 0 Å². The Morgan fingerprint density at radius 1 is 1.00 bits per heavy atom. The Morgan fingerprint density at radius 2 is 1.60 bits per heavy atom. The van der Waals surface area contributed by atoms with Crippen molar-refractivity contribution in [3.8, 4) is 0 Å². The molecule has 102 valence electrons. The molecular weight excluding hydrogens is 248 g/mol. The van der Waals surface area contributed by atoms with Crippen molar-refractivity contribution in [3.63, 3.8) is 0 Å². The molecule has 1 fully saturated rings. The van der Waals surface area contributed by atoms with E-state index >= 15 is 0 Å². The van der Waals surface area contributed by atoms with Crippen molar-refractivity contribution in [1.82, 2.24) is 0 Å². The van der Waals surface area contributed by atoms with Gasteiger partial charge in [-0.25, -0.2) is 0 Å². The van der Waals surface area contributed by atoms with Gasteiger partial charge in [0.25, 0.3) is 0 Å². The van der Waals surface area contributed by atoms with Crippen LogP contribution in [0.3, 0.4) is 0 Å². The maximum Gasteiger partial charge on any atom is 0.310 e. The maximum atomic E-state index is 12.2. The second kappa shape index (κ2) is 5.49. The van der Waals surface area contributed by atoms with E-state index in [1.807, 2.05) is 48.5 Å². The van der Waals surface area contributed by atoms with Crippen LogP contribution < -0.4 is 0 Å². The number of ether oxygens (including phenoxy) is 1. The predicted octanol–water partition coefficient (Wildman–Crippen LogP) is 3.78. The lowest BCUT2D eigenvalue weighted by Gasteiger charge is -2.04. The summed E-state index contributed by atoms with van der Waals surface area (Å²) in [6.45, 7) is 2.48. The van der Waals surface area contributed by atoms with E-state index in [1.54, 1.807) is 0 Å². The molecule has 2 aromatic rings. The fourth-order valence-electron chi connectivity index (χ4n) is 2.84. The molecular formula is C18H18O2. The van der Waals surface area contributed by atoms with Gasteiger partial charge in [-0.05, 0) is 17.0 Å². The lowest BCUT2D eigenvalue weighted by molar-refractivity contribution is -0.147. The van der Waals surface area contributed by atoms with Crippen LogP contribution in [0.15, 0.2) is 60.7 Å². The van der Waals surface area contributed by atoms with Crippen molar-refractivity contribution in [2.75, 3.05) is 0 Å². The zero-order valence-electron chi connectivity index (χ0n) is 11.5. The summed E-state index contributed by atoms with van der Waals surface area (Å²) >= 11 is 0. The number of rotatable bonds is 4. The average molecular weight is 266 g/mol. The number of hydrogen-bond donors (Lipinski definition) is 0. The highest BCUT2D eigenvalue weighted by atomic mass is 16.5. The first-order valence-corrected chi connectivity index (χ1v) is 7.03. The number of carbonyl (C=O) groups excluding carboxylic acids is 1. The Hall–Kier alpha value is -2.09. The predicted molar refractivity (Wildman–Crippen MR) is 78.1 cm³/mol. The number of hydrogen-bond acceptors (Lipinski definition) is 2. The molecule has 0 aliphatic heterocycles. The van der Waals surface area contributed by atoms with E-state index in [9.17, 15) is 4.79 Å². The summed E-state index contributed by atoms with van der Waals surface area (Å²) < 4.78 is 5.44. The second-order valence-corrected chi connectivity index (χ2v) is 5.41. The van der Waals surface area contributed by atoms with Crippen LogP contribution in [0.5, 0.6) is 0 Å². The topological polar surface area (TPSA) is 26.3 Å². The first-order chi connectivity index (χ1) is 9.77. The van der Waals surface area contributed by atoms with Crippen molar-refractivity contribution in [2.24, 2.45) is 11.8 Å². The molecule has 1 aliphatic rings. The minimum absolute atomic E-state index is 0.0149. The molecule has 2 heteroatoms. The monoisotopic (exact) mass is 266 g/mol. The summed E-state index contributed by atoms with van der Waals surface area (Å²) in [4.78, 5) is 12.2. The number of carbonyl (C=O) groups is 1. The number of esters is 1. The Balaban J connectivity index is 1.59. The minimum atomic E-state index is -0.0739. The van der Waals surface area contributed by atoms with Gasteiger partial charge in [0.1, 0.15) is 6.61 Å². The van der Waals surface area contributed by atoms with Gasteiger partial charge in [-0.2, -0.15) is 0 Å². The van der Waals surface area contributed by atoms with Crippen molar-refractivity contribution < 1.29 is 9.53 Å². The van der Waals surface area contributed by atoms with Crippen LogP contribution in [0.25, 0.3) is 0 Å². The van der Waals surface area contributed by atoms with Crippen molar-refractivity contribution in [3.05, 3.63) is 71.8 Å². The molecule has 0 heterocycles. The van der Waals surface area contributed by atoms with Gasteiger partial charge in [0.2, 0.25) is 0 Å². The van der Waals surface area contributed by atoms with Gasteiger partial charge in [-0.1, -0.05) is 67.6 Å². The highest BCUT2D eigenvalue weighted by Gasteiger charge is 2.53. The van der Waals surface area contributed by atoms with Crippen LogP contribution >= 0.6 is 0 Å². The van der Waals surface area contributed by atoms with Gasteiger partial charge in [0, 0.05) is 5.92 Å². The smallest absolute Gasteiger partial charge is 0.310 e. The van der Waals surface area contributed by atoms with E-state index in [4.69, 9.17) is 4.74 Å². The fraction of sp³-hybridized carbons (Fsp3) is 0.278.